The number of hydrogen-bond acceptors (Lipinski definition) is 4. The lowest BCUT2D eigenvalue weighted by Crippen LogP contribution is -2.45. The Morgan fingerprint density at radius 3 is 2.19 bits per heavy atom. The van der Waals surface area contributed by atoms with Gasteiger partial charge < -0.3 is 5.01 Å². The minimum absolute atomic E-state index is 0.212. The Balaban J connectivity index is 2.09. The summed E-state index contributed by atoms with van der Waals surface area (Å²) in [7, 11) is -1.51. The van der Waals surface area contributed by atoms with E-state index in [9.17, 15) is 9.00 Å². The quantitative estimate of drug-likeness (QED) is 0.765. The van der Waals surface area contributed by atoms with E-state index in [4.69, 9.17) is 0 Å². The Bertz CT molecular complexity index is 672. The van der Waals surface area contributed by atoms with Crippen molar-refractivity contribution >= 4 is 16.9 Å². The molecule has 1 aliphatic heterocycles. The van der Waals surface area contributed by atoms with E-state index in [1.165, 1.54) is 11.1 Å². The highest BCUT2D eigenvalue weighted by atomic mass is 32.2. The average Bonchev–Trinajstić information content (AvgIpc) is 3.04. The molecule has 0 aromatic heterocycles. The summed E-state index contributed by atoms with van der Waals surface area (Å²) in [4.78, 5) is 12.6. The number of hydrogen-bond donors (Lipinski definition) is 2. The van der Waals surface area contributed by atoms with Crippen molar-refractivity contribution < 1.29 is 9.00 Å². The first-order chi connectivity index (χ1) is 12.2. The van der Waals surface area contributed by atoms with Gasteiger partial charge in [0.2, 0.25) is 5.91 Å². The second-order valence-corrected chi connectivity index (χ2v) is 8.92. The lowest BCUT2D eigenvalue weighted by Gasteiger charge is -2.23. The summed E-state index contributed by atoms with van der Waals surface area (Å²) in [6, 6.07) is 6.48. The highest BCUT2D eigenvalue weighted by Gasteiger charge is 2.24. The molecular formula is C20H31N3O2S. The van der Waals surface area contributed by atoms with Crippen molar-refractivity contribution in [2.45, 2.75) is 71.2 Å². The Hall–Kier alpha value is -1.66. The van der Waals surface area contributed by atoms with Crippen LogP contribution in [0.3, 0.4) is 0 Å². The summed E-state index contributed by atoms with van der Waals surface area (Å²) >= 11 is 0. The number of nitrogens with one attached hydrogen (secondary N) is 2. The second kappa shape index (κ2) is 8.82. The third-order valence-corrected chi connectivity index (χ3v) is 5.68. The van der Waals surface area contributed by atoms with Gasteiger partial charge in [-0.2, -0.15) is 0 Å². The number of nitrogens with zero attached hydrogens (tertiary/aromatic N) is 1. The van der Waals surface area contributed by atoms with E-state index in [1.807, 2.05) is 31.1 Å². The zero-order chi connectivity index (χ0) is 19.4. The highest BCUT2D eigenvalue weighted by molar-refractivity contribution is 7.84. The maximum Gasteiger partial charge on any atom is 0.236 e. The molecule has 2 atom stereocenters. The third-order valence-electron chi connectivity index (χ3n) is 4.53. The molecule has 0 fully saturated rings. The van der Waals surface area contributed by atoms with Crippen LogP contribution in [0.4, 0.5) is 0 Å². The van der Waals surface area contributed by atoms with Crippen molar-refractivity contribution in [1.29, 1.82) is 0 Å². The number of benzene rings is 1. The first kappa shape index (κ1) is 20.6. The molecule has 1 heterocycles. The summed E-state index contributed by atoms with van der Waals surface area (Å²) in [5.41, 5.74) is 6.55. The SMILES string of the molecule is CC(C)c1cccc(C(C)C)c1CC(=O)NS(=O)C1C=CN(C(C)C)N1. The van der Waals surface area contributed by atoms with Crippen molar-refractivity contribution in [3.05, 3.63) is 47.2 Å². The van der Waals surface area contributed by atoms with Crippen LogP contribution in [0.2, 0.25) is 0 Å². The fourth-order valence-electron chi connectivity index (χ4n) is 3.13. The Morgan fingerprint density at radius 1 is 1.15 bits per heavy atom. The van der Waals surface area contributed by atoms with Crippen molar-refractivity contribution in [2.24, 2.45) is 0 Å². The van der Waals surface area contributed by atoms with E-state index in [2.05, 4.69) is 56.0 Å². The molecule has 1 aromatic carbocycles. The molecule has 6 heteroatoms. The standard InChI is InChI=1S/C20H31N3O2S/c1-13(2)16-8-7-9-17(14(3)4)18(16)12-19(24)22-26(25)20-10-11-23(21-20)15(5)6/h7-11,13-15,20-21H,12H2,1-6H3,(H,22,24). The molecule has 26 heavy (non-hydrogen) atoms. The lowest BCUT2D eigenvalue weighted by atomic mass is 9.87. The predicted octanol–water partition coefficient (Wildman–Crippen LogP) is 3.32. The number of amides is 1. The molecule has 5 nitrogen and oxygen atoms in total. The molecule has 0 spiro atoms. The van der Waals surface area contributed by atoms with Crippen LogP contribution in [0.1, 0.15) is 70.1 Å². The van der Waals surface area contributed by atoms with Crippen LogP contribution in [0, 0.1) is 0 Å². The van der Waals surface area contributed by atoms with Gasteiger partial charge in [0, 0.05) is 12.2 Å². The number of rotatable bonds is 7. The van der Waals surface area contributed by atoms with Gasteiger partial charge in [-0.15, -0.1) is 0 Å². The van der Waals surface area contributed by atoms with E-state index < -0.39 is 16.4 Å². The normalized spacial score (nSPS) is 18.2. The van der Waals surface area contributed by atoms with Gasteiger partial charge in [0.25, 0.3) is 0 Å². The van der Waals surface area contributed by atoms with E-state index >= 15 is 0 Å². The Kier molecular flexibility index (Phi) is 7.01. The van der Waals surface area contributed by atoms with Gasteiger partial charge in [-0.1, -0.05) is 45.9 Å². The number of hydrazine groups is 1. The van der Waals surface area contributed by atoms with Gasteiger partial charge >= 0.3 is 0 Å². The third kappa shape index (κ3) is 4.95. The molecule has 2 rings (SSSR count). The summed E-state index contributed by atoms with van der Waals surface area (Å²) < 4.78 is 15.1. The zero-order valence-electron chi connectivity index (χ0n) is 16.6. The zero-order valence-corrected chi connectivity index (χ0v) is 17.4. The highest BCUT2D eigenvalue weighted by Crippen LogP contribution is 2.28. The summed E-state index contributed by atoms with van der Waals surface area (Å²) in [5, 5.41) is 1.49. The van der Waals surface area contributed by atoms with E-state index in [0.29, 0.717) is 11.8 Å². The fourth-order valence-corrected chi connectivity index (χ4v) is 3.98. The van der Waals surface area contributed by atoms with Gasteiger partial charge in [-0.3, -0.25) is 9.52 Å². The lowest BCUT2D eigenvalue weighted by molar-refractivity contribution is -0.118. The molecule has 0 saturated heterocycles. The molecule has 1 aromatic rings. The molecule has 0 bridgehead atoms. The van der Waals surface area contributed by atoms with Crippen molar-refractivity contribution in [1.82, 2.24) is 15.2 Å². The average molecular weight is 378 g/mol. The van der Waals surface area contributed by atoms with Crippen LogP contribution in [-0.4, -0.2) is 26.5 Å². The van der Waals surface area contributed by atoms with Gasteiger partial charge in [0.1, 0.15) is 16.4 Å². The minimum atomic E-state index is -1.51. The molecule has 2 N–H and O–H groups in total. The molecule has 1 amide bonds. The number of carbonyl (C=O) groups is 1. The van der Waals surface area contributed by atoms with Gasteiger partial charge in [0.05, 0.1) is 6.42 Å². The molecule has 0 radical (unpaired) electrons. The molecule has 0 saturated carbocycles. The molecule has 2 unspecified atom stereocenters. The van der Waals surface area contributed by atoms with Gasteiger partial charge in [0.15, 0.2) is 0 Å². The second-order valence-electron chi connectivity index (χ2n) is 7.62. The fraction of sp³-hybridized carbons (Fsp3) is 0.550. The van der Waals surface area contributed by atoms with Crippen LogP contribution >= 0.6 is 0 Å². The smallest absolute Gasteiger partial charge is 0.236 e. The maximum absolute atomic E-state index is 12.6. The summed E-state index contributed by atoms with van der Waals surface area (Å²) in [6.45, 7) is 12.6. The van der Waals surface area contributed by atoms with Crippen LogP contribution in [-0.2, 0) is 22.2 Å². The monoisotopic (exact) mass is 377 g/mol. The molecule has 0 aliphatic carbocycles. The van der Waals surface area contributed by atoms with Crippen LogP contribution in [0.5, 0.6) is 0 Å². The van der Waals surface area contributed by atoms with Crippen molar-refractivity contribution in [3.8, 4) is 0 Å². The topological polar surface area (TPSA) is 61.4 Å². The minimum Gasteiger partial charge on any atom is -0.312 e. The number of carbonyl (C=O) groups excluding carboxylic acids is 1. The van der Waals surface area contributed by atoms with Crippen LogP contribution in [0.25, 0.3) is 0 Å². The first-order valence-electron chi connectivity index (χ1n) is 9.25. The Morgan fingerprint density at radius 2 is 1.73 bits per heavy atom. The first-order valence-corrected chi connectivity index (χ1v) is 10.5. The van der Waals surface area contributed by atoms with Crippen molar-refractivity contribution in [3.63, 3.8) is 0 Å². The van der Waals surface area contributed by atoms with E-state index in [1.54, 1.807) is 0 Å². The molecular weight excluding hydrogens is 346 g/mol. The summed E-state index contributed by atoms with van der Waals surface area (Å²) in [5.74, 6) is 0.457. The summed E-state index contributed by atoms with van der Waals surface area (Å²) in [6.07, 6.45) is 3.93. The van der Waals surface area contributed by atoms with E-state index in [-0.39, 0.29) is 18.4 Å². The van der Waals surface area contributed by atoms with Gasteiger partial charge in [-0.05, 0) is 48.4 Å². The van der Waals surface area contributed by atoms with Crippen molar-refractivity contribution in [2.75, 3.05) is 0 Å². The van der Waals surface area contributed by atoms with Gasteiger partial charge in [-0.25, -0.2) is 9.63 Å². The maximum atomic E-state index is 12.6. The Labute approximate surface area is 159 Å². The molecule has 1 aliphatic rings. The van der Waals surface area contributed by atoms with Crippen LogP contribution < -0.4 is 10.1 Å². The molecule has 144 valence electrons. The largest absolute Gasteiger partial charge is 0.312 e. The van der Waals surface area contributed by atoms with Crippen LogP contribution in [0.15, 0.2) is 30.5 Å². The predicted molar refractivity (Wildman–Crippen MR) is 108 cm³/mol. The van der Waals surface area contributed by atoms with E-state index in [0.717, 1.165) is 5.56 Å².